The van der Waals surface area contributed by atoms with Crippen molar-refractivity contribution in [2.24, 2.45) is 5.73 Å². The van der Waals surface area contributed by atoms with Crippen molar-refractivity contribution < 1.29 is 4.74 Å². The highest BCUT2D eigenvalue weighted by molar-refractivity contribution is 5.30. The molecule has 0 atom stereocenters. The van der Waals surface area contributed by atoms with Crippen molar-refractivity contribution in [2.45, 2.75) is 25.9 Å². The second-order valence-corrected chi connectivity index (χ2v) is 4.41. The molecule has 1 saturated heterocycles. The second kappa shape index (κ2) is 5.93. The van der Waals surface area contributed by atoms with Crippen molar-refractivity contribution in [3.8, 4) is 0 Å². The zero-order valence-corrected chi connectivity index (χ0v) is 10.3. The molecule has 1 aliphatic heterocycles. The lowest BCUT2D eigenvalue weighted by molar-refractivity contribution is 0.0420. The van der Waals surface area contributed by atoms with Crippen molar-refractivity contribution in [3.05, 3.63) is 18.0 Å². The fourth-order valence-electron chi connectivity index (χ4n) is 2.01. The Kier molecular flexibility index (Phi) is 4.28. The van der Waals surface area contributed by atoms with Gasteiger partial charge in [0.25, 0.3) is 0 Å². The third kappa shape index (κ3) is 3.38. The maximum atomic E-state index is 5.64. The number of nitrogens with two attached hydrogens (primary N) is 1. The molecule has 0 aliphatic carbocycles. The molecule has 2 heterocycles. The lowest BCUT2D eigenvalue weighted by Crippen LogP contribution is -2.38. The van der Waals surface area contributed by atoms with Gasteiger partial charge in [0.2, 0.25) is 5.95 Å². The molecule has 5 nitrogen and oxygen atoms in total. The molecule has 1 fully saturated rings. The van der Waals surface area contributed by atoms with E-state index in [-0.39, 0.29) is 0 Å². The minimum absolute atomic E-state index is 0.347. The van der Waals surface area contributed by atoms with Gasteiger partial charge in [-0.05, 0) is 25.3 Å². The lowest BCUT2D eigenvalue weighted by atomic mass is 10.1. The van der Waals surface area contributed by atoms with Gasteiger partial charge in [0.15, 0.2) is 0 Å². The van der Waals surface area contributed by atoms with Crippen LogP contribution < -0.4 is 10.6 Å². The van der Waals surface area contributed by atoms with Crippen LogP contribution in [0.1, 0.15) is 18.4 Å². The molecule has 0 spiro atoms. The van der Waals surface area contributed by atoms with Gasteiger partial charge in [0.05, 0.1) is 12.7 Å². The van der Waals surface area contributed by atoms with Gasteiger partial charge in [0, 0.05) is 32.0 Å². The van der Waals surface area contributed by atoms with Gasteiger partial charge in [-0.15, -0.1) is 0 Å². The first kappa shape index (κ1) is 12.3. The van der Waals surface area contributed by atoms with E-state index in [0.717, 1.165) is 37.4 Å². The number of ether oxygens (including phenoxy) is 1. The monoisotopic (exact) mass is 236 g/mol. The molecule has 1 aromatic heterocycles. The summed E-state index contributed by atoms with van der Waals surface area (Å²) < 4.78 is 5.64. The summed E-state index contributed by atoms with van der Waals surface area (Å²) in [6, 6.07) is 0. The molecule has 5 heteroatoms. The largest absolute Gasteiger partial charge is 0.377 e. The van der Waals surface area contributed by atoms with Crippen LogP contribution in [0, 0.1) is 6.92 Å². The summed E-state index contributed by atoms with van der Waals surface area (Å²) in [6.45, 7) is 5.17. The highest BCUT2D eigenvalue weighted by atomic mass is 16.5. The number of hydrogen-bond donors (Lipinski definition) is 1. The first-order chi connectivity index (χ1) is 8.29. The molecule has 2 rings (SSSR count). The van der Waals surface area contributed by atoms with Crippen LogP contribution in [0.2, 0.25) is 0 Å². The predicted molar refractivity (Wildman–Crippen MR) is 67.0 cm³/mol. The van der Waals surface area contributed by atoms with Crippen LogP contribution in [0.25, 0.3) is 0 Å². The third-order valence-electron chi connectivity index (χ3n) is 2.96. The quantitative estimate of drug-likeness (QED) is 0.835. The third-order valence-corrected chi connectivity index (χ3v) is 2.96. The maximum absolute atomic E-state index is 5.64. The Bertz CT molecular complexity index is 333. The van der Waals surface area contributed by atoms with Crippen molar-refractivity contribution in [1.29, 1.82) is 0 Å². The smallest absolute Gasteiger partial charge is 0.225 e. The van der Waals surface area contributed by atoms with Gasteiger partial charge in [0.1, 0.15) is 0 Å². The summed E-state index contributed by atoms with van der Waals surface area (Å²) in [5.74, 6) is 0.827. The number of piperidine rings is 1. The van der Waals surface area contributed by atoms with Gasteiger partial charge < -0.3 is 15.4 Å². The first-order valence-corrected chi connectivity index (χ1v) is 6.15. The van der Waals surface area contributed by atoms with E-state index in [1.54, 1.807) is 0 Å². The first-order valence-electron chi connectivity index (χ1n) is 6.15. The zero-order chi connectivity index (χ0) is 12.1. The molecule has 0 amide bonds. The Labute approximate surface area is 102 Å². The predicted octanol–water partition coefficient (Wildman–Crippen LogP) is 0.729. The normalized spacial score (nSPS) is 17.4. The summed E-state index contributed by atoms with van der Waals surface area (Å²) in [7, 11) is 0. The number of aryl methyl sites for hydroxylation is 1. The fraction of sp³-hybridized carbons (Fsp3) is 0.667. The van der Waals surface area contributed by atoms with Crippen LogP contribution in [0.15, 0.2) is 12.4 Å². The number of aromatic nitrogens is 2. The molecule has 1 aromatic rings. The minimum atomic E-state index is 0.347. The highest BCUT2D eigenvalue weighted by Gasteiger charge is 2.20. The molecule has 0 radical (unpaired) electrons. The van der Waals surface area contributed by atoms with E-state index in [2.05, 4.69) is 14.9 Å². The summed E-state index contributed by atoms with van der Waals surface area (Å²) in [5, 5.41) is 0. The summed E-state index contributed by atoms with van der Waals surface area (Å²) in [5.41, 5.74) is 6.52. The minimum Gasteiger partial charge on any atom is -0.377 e. The van der Waals surface area contributed by atoms with E-state index < -0.39 is 0 Å². The molecule has 0 saturated carbocycles. The standard InChI is InChI=1S/C12H20N4O/c1-10-8-14-12(15-9-10)16-5-2-11(3-6-16)17-7-4-13/h8-9,11H,2-7,13H2,1H3. The van der Waals surface area contributed by atoms with Gasteiger partial charge >= 0.3 is 0 Å². The molecule has 0 aromatic carbocycles. The maximum Gasteiger partial charge on any atom is 0.225 e. The average Bonchev–Trinajstić information content (AvgIpc) is 2.38. The number of anilines is 1. The number of nitrogens with zero attached hydrogens (tertiary/aromatic N) is 3. The lowest BCUT2D eigenvalue weighted by Gasteiger charge is -2.31. The number of rotatable bonds is 4. The topological polar surface area (TPSA) is 64.3 Å². The van der Waals surface area contributed by atoms with Crippen molar-refractivity contribution in [3.63, 3.8) is 0 Å². The van der Waals surface area contributed by atoms with Crippen LogP contribution in [0.3, 0.4) is 0 Å². The van der Waals surface area contributed by atoms with Gasteiger partial charge in [-0.2, -0.15) is 0 Å². The molecular formula is C12H20N4O. The van der Waals surface area contributed by atoms with Gasteiger partial charge in [-0.25, -0.2) is 9.97 Å². The molecule has 94 valence electrons. The Morgan fingerprint density at radius 1 is 1.35 bits per heavy atom. The molecular weight excluding hydrogens is 216 g/mol. The number of hydrogen-bond acceptors (Lipinski definition) is 5. The fourth-order valence-corrected chi connectivity index (χ4v) is 2.01. The van der Waals surface area contributed by atoms with Crippen LogP contribution in [-0.2, 0) is 4.74 Å². The molecule has 17 heavy (non-hydrogen) atoms. The Morgan fingerprint density at radius 3 is 2.59 bits per heavy atom. The molecule has 2 N–H and O–H groups in total. The van der Waals surface area contributed by atoms with Crippen LogP contribution in [0.5, 0.6) is 0 Å². The van der Waals surface area contributed by atoms with E-state index >= 15 is 0 Å². The van der Waals surface area contributed by atoms with Crippen molar-refractivity contribution in [1.82, 2.24) is 9.97 Å². The molecule has 0 unspecified atom stereocenters. The second-order valence-electron chi connectivity index (χ2n) is 4.41. The summed E-state index contributed by atoms with van der Waals surface area (Å²) >= 11 is 0. The molecule has 0 bridgehead atoms. The van der Waals surface area contributed by atoms with E-state index in [9.17, 15) is 0 Å². The van der Waals surface area contributed by atoms with Crippen LogP contribution in [-0.4, -0.2) is 42.3 Å². The average molecular weight is 236 g/mol. The Balaban J connectivity index is 1.84. The van der Waals surface area contributed by atoms with Crippen molar-refractivity contribution in [2.75, 3.05) is 31.1 Å². The van der Waals surface area contributed by atoms with E-state index in [4.69, 9.17) is 10.5 Å². The van der Waals surface area contributed by atoms with Gasteiger partial charge in [-0.1, -0.05) is 0 Å². The summed E-state index contributed by atoms with van der Waals surface area (Å²) in [6.07, 6.45) is 6.12. The van der Waals surface area contributed by atoms with E-state index in [1.807, 2.05) is 19.3 Å². The molecule has 1 aliphatic rings. The van der Waals surface area contributed by atoms with Crippen LogP contribution >= 0.6 is 0 Å². The Hall–Kier alpha value is -1.20. The summed E-state index contributed by atoms with van der Waals surface area (Å²) in [4.78, 5) is 10.9. The van der Waals surface area contributed by atoms with E-state index in [0.29, 0.717) is 19.3 Å². The van der Waals surface area contributed by atoms with Gasteiger partial charge in [-0.3, -0.25) is 0 Å². The highest BCUT2D eigenvalue weighted by Crippen LogP contribution is 2.17. The van der Waals surface area contributed by atoms with Crippen molar-refractivity contribution >= 4 is 5.95 Å². The van der Waals surface area contributed by atoms with Crippen LogP contribution in [0.4, 0.5) is 5.95 Å². The SMILES string of the molecule is Cc1cnc(N2CCC(OCCN)CC2)nc1. The van der Waals surface area contributed by atoms with E-state index in [1.165, 1.54) is 0 Å². The Morgan fingerprint density at radius 2 is 2.00 bits per heavy atom. The zero-order valence-electron chi connectivity index (χ0n) is 10.3.